The van der Waals surface area contributed by atoms with Crippen molar-refractivity contribution in [2.24, 2.45) is 0 Å². The molecule has 12 heteroatoms. The summed E-state index contributed by atoms with van der Waals surface area (Å²) in [5, 5.41) is 0.365. The second-order valence-corrected chi connectivity index (χ2v) is 7.07. The Morgan fingerprint density at radius 3 is 2.48 bits per heavy atom. The summed E-state index contributed by atoms with van der Waals surface area (Å²) in [5.41, 5.74) is 2.75. The molecule has 3 aromatic rings. The van der Waals surface area contributed by atoms with E-state index < -0.39 is 39.6 Å². The molecular weight excluding hydrogens is 430 g/mol. The highest BCUT2D eigenvalue weighted by Crippen LogP contribution is 2.33. The standard InChI is InChI=1S/C15H8Cl2F3N3O3S/c16-7-2-1-5(4-8(7)17)3-6-10(15(18,19)20)22-12(23-13(6)24)9-11(21)26-14(25)27-9/h1-2,4H,3,21H2,(H,22,23,24). The van der Waals surface area contributed by atoms with Crippen molar-refractivity contribution >= 4 is 40.4 Å². The number of aromatic nitrogens is 2. The minimum atomic E-state index is -4.92. The first kappa shape index (κ1) is 19.5. The van der Waals surface area contributed by atoms with Crippen LogP contribution in [0.3, 0.4) is 0 Å². The van der Waals surface area contributed by atoms with Gasteiger partial charge in [-0.1, -0.05) is 29.3 Å². The summed E-state index contributed by atoms with van der Waals surface area (Å²) in [6.45, 7) is 0. The monoisotopic (exact) mass is 437 g/mol. The summed E-state index contributed by atoms with van der Waals surface area (Å²) in [5.74, 6) is -0.933. The first-order chi connectivity index (χ1) is 12.6. The Hall–Kier alpha value is -2.30. The van der Waals surface area contributed by atoms with E-state index >= 15 is 0 Å². The SMILES string of the molecule is Nc1oc(=O)sc1-c1nc(C(F)(F)F)c(Cc2ccc(Cl)c(Cl)c2)c(=O)[nH]1. The highest BCUT2D eigenvalue weighted by atomic mass is 35.5. The van der Waals surface area contributed by atoms with Gasteiger partial charge < -0.3 is 15.1 Å². The summed E-state index contributed by atoms with van der Waals surface area (Å²) in [6.07, 6.45) is -5.30. The number of nitrogens with zero attached hydrogens (tertiary/aromatic N) is 1. The summed E-state index contributed by atoms with van der Waals surface area (Å²) in [4.78, 5) is 28.2. The van der Waals surface area contributed by atoms with Crippen LogP contribution in [0.1, 0.15) is 16.8 Å². The fourth-order valence-electron chi connectivity index (χ4n) is 2.31. The van der Waals surface area contributed by atoms with Gasteiger partial charge in [-0.15, -0.1) is 0 Å². The summed E-state index contributed by atoms with van der Waals surface area (Å²) < 4.78 is 45.1. The number of nitrogen functional groups attached to an aromatic ring is 1. The molecule has 3 N–H and O–H groups in total. The lowest BCUT2D eigenvalue weighted by atomic mass is 10.0. The normalized spacial score (nSPS) is 11.7. The molecule has 0 aliphatic rings. The molecule has 0 fully saturated rings. The van der Waals surface area contributed by atoms with Crippen LogP contribution in [0, 0.1) is 0 Å². The number of aromatic amines is 1. The van der Waals surface area contributed by atoms with Crippen molar-refractivity contribution in [1.29, 1.82) is 0 Å². The molecule has 2 aromatic heterocycles. The van der Waals surface area contributed by atoms with Crippen LogP contribution in [-0.4, -0.2) is 9.97 Å². The molecule has 0 saturated heterocycles. The average Bonchev–Trinajstić information content (AvgIpc) is 2.90. The third kappa shape index (κ3) is 4.02. The molecule has 0 unspecified atom stereocenters. The molecule has 2 heterocycles. The molecule has 0 bridgehead atoms. The third-order valence-corrected chi connectivity index (χ3v) is 5.05. The van der Waals surface area contributed by atoms with Crippen molar-refractivity contribution in [2.45, 2.75) is 12.6 Å². The van der Waals surface area contributed by atoms with E-state index in [9.17, 15) is 22.8 Å². The Bertz CT molecular complexity index is 1140. The highest BCUT2D eigenvalue weighted by molar-refractivity contribution is 7.13. The van der Waals surface area contributed by atoms with E-state index in [4.69, 9.17) is 28.9 Å². The number of hydrogen-bond donors (Lipinski definition) is 2. The van der Waals surface area contributed by atoms with Gasteiger partial charge in [0.1, 0.15) is 4.88 Å². The summed E-state index contributed by atoms with van der Waals surface area (Å²) in [7, 11) is 0. The first-order valence-corrected chi connectivity index (χ1v) is 8.67. The molecule has 0 atom stereocenters. The largest absolute Gasteiger partial charge is 0.433 e. The Morgan fingerprint density at radius 1 is 1.22 bits per heavy atom. The number of benzene rings is 1. The lowest BCUT2D eigenvalue weighted by molar-refractivity contribution is -0.141. The van der Waals surface area contributed by atoms with Gasteiger partial charge in [-0.2, -0.15) is 13.2 Å². The second kappa shape index (κ2) is 7.02. The fraction of sp³-hybridized carbons (Fsp3) is 0.133. The molecule has 1 aromatic carbocycles. The quantitative estimate of drug-likeness (QED) is 0.645. The van der Waals surface area contributed by atoms with Gasteiger partial charge in [0.15, 0.2) is 11.5 Å². The van der Waals surface area contributed by atoms with Crippen molar-refractivity contribution < 1.29 is 17.6 Å². The predicted octanol–water partition coefficient (Wildman–Crippen LogP) is 3.95. The molecule has 0 radical (unpaired) electrons. The van der Waals surface area contributed by atoms with Crippen molar-refractivity contribution in [2.75, 3.05) is 5.73 Å². The number of alkyl halides is 3. The van der Waals surface area contributed by atoms with E-state index in [1.807, 2.05) is 0 Å². The molecule has 0 amide bonds. The average molecular weight is 438 g/mol. The van der Waals surface area contributed by atoms with E-state index in [0.717, 1.165) is 0 Å². The van der Waals surface area contributed by atoms with E-state index in [1.54, 1.807) is 0 Å². The maximum atomic E-state index is 13.5. The van der Waals surface area contributed by atoms with Crippen LogP contribution in [0.15, 0.2) is 32.2 Å². The Morgan fingerprint density at radius 2 is 1.93 bits per heavy atom. The van der Waals surface area contributed by atoms with Gasteiger partial charge in [-0.25, -0.2) is 9.78 Å². The molecule has 0 aliphatic heterocycles. The van der Waals surface area contributed by atoms with Crippen LogP contribution in [0.5, 0.6) is 0 Å². The molecule has 0 saturated carbocycles. The number of hydrogen-bond acceptors (Lipinski definition) is 6. The summed E-state index contributed by atoms with van der Waals surface area (Å²) in [6, 6.07) is 4.21. The van der Waals surface area contributed by atoms with Crippen molar-refractivity contribution in [3.8, 4) is 10.7 Å². The Balaban J connectivity index is 2.16. The van der Waals surface area contributed by atoms with E-state index in [1.165, 1.54) is 18.2 Å². The second-order valence-electron chi connectivity index (χ2n) is 5.31. The molecule has 0 spiro atoms. The third-order valence-electron chi connectivity index (χ3n) is 3.47. The van der Waals surface area contributed by atoms with Gasteiger partial charge in [-0.3, -0.25) is 4.79 Å². The minimum absolute atomic E-state index is 0.139. The molecule has 6 nitrogen and oxygen atoms in total. The zero-order valence-electron chi connectivity index (χ0n) is 13.0. The van der Waals surface area contributed by atoms with Gasteiger partial charge in [0, 0.05) is 6.42 Å². The number of rotatable bonds is 3. The lowest BCUT2D eigenvalue weighted by Crippen LogP contribution is -2.24. The number of nitrogens with two attached hydrogens (primary N) is 1. The maximum absolute atomic E-state index is 13.5. The van der Waals surface area contributed by atoms with Crippen LogP contribution in [0.25, 0.3) is 10.7 Å². The molecule has 27 heavy (non-hydrogen) atoms. The van der Waals surface area contributed by atoms with Gasteiger partial charge in [0.2, 0.25) is 5.88 Å². The number of anilines is 1. The van der Waals surface area contributed by atoms with Crippen LogP contribution in [-0.2, 0) is 12.6 Å². The van der Waals surface area contributed by atoms with Crippen molar-refractivity contribution in [1.82, 2.24) is 9.97 Å². The topological polar surface area (TPSA) is 102 Å². The number of halogens is 5. The van der Waals surface area contributed by atoms with Gasteiger partial charge in [0.25, 0.3) is 5.56 Å². The van der Waals surface area contributed by atoms with Crippen LogP contribution < -0.4 is 16.2 Å². The zero-order valence-corrected chi connectivity index (χ0v) is 15.3. The molecular formula is C15H8Cl2F3N3O3S. The number of H-pyrrole nitrogens is 1. The smallest absolute Gasteiger partial charge is 0.397 e. The first-order valence-electron chi connectivity index (χ1n) is 7.10. The minimum Gasteiger partial charge on any atom is -0.397 e. The summed E-state index contributed by atoms with van der Waals surface area (Å²) >= 11 is 12.1. The lowest BCUT2D eigenvalue weighted by Gasteiger charge is -2.13. The van der Waals surface area contributed by atoms with Crippen LogP contribution in [0.4, 0.5) is 19.1 Å². The highest BCUT2D eigenvalue weighted by Gasteiger charge is 2.37. The fourth-order valence-corrected chi connectivity index (χ4v) is 3.27. The van der Waals surface area contributed by atoms with Crippen LogP contribution >= 0.6 is 34.5 Å². The molecule has 3 rings (SSSR count). The van der Waals surface area contributed by atoms with E-state index in [2.05, 4.69) is 14.4 Å². The maximum Gasteiger partial charge on any atom is 0.433 e. The Kier molecular flexibility index (Phi) is 5.06. The van der Waals surface area contributed by atoms with Crippen LogP contribution in [0.2, 0.25) is 10.0 Å². The van der Waals surface area contributed by atoms with Gasteiger partial charge in [0.05, 0.1) is 15.6 Å². The van der Waals surface area contributed by atoms with E-state index in [-0.39, 0.29) is 21.3 Å². The van der Waals surface area contributed by atoms with E-state index in [0.29, 0.717) is 16.9 Å². The predicted molar refractivity (Wildman–Crippen MR) is 95.4 cm³/mol. The molecule has 142 valence electrons. The number of nitrogens with one attached hydrogen (secondary N) is 1. The van der Waals surface area contributed by atoms with Gasteiger partial charge in [-0.05, 0) is 29.0 Å². The van der Waals surface area contributed by atoms with Crippen molar-refractivity contribution in [3.63, 3.8) is 0 Å². The van der Waals surface area contributed by atoms with Gasteiger partial charge >= 0.3 is 11.1 Å². The molecule has 0 aliphatic carbocycles. The Labute approximate surface area is 162 Å². The zero-order chi connectivity index (χ0) is 19.9. The van der Waals surface area contributed by atoms with Crippen molar-refractivity contribution in [3.05, 3.63) is 65.2 Å².